The number of fused-ring (bicyclic) bond motifs is 1. The molecule has 1 saturated heterocycles. The molecule has 42 heavy (non-hydrogen) atoms. The second-order valence-corrected chi connectivity index (χ2v) is 13.8. The lowest BCUT2D eigenvalue weighted by molar-refractivity contribution is -0.153. The van der Waals surface area contributed by atoms with Crippen molar-refractivity contribution in [3.05, 3.63) is 53.6 Å². The van der Waals surface area contributed by atoms with E-state index < -0.39 is 16.9 Å². The monoisotopic (exact) mass is 577 g/mol. The van der Waals surface area contributed by atoms with Crippen molar-refractivity contribution in [1.82, 2.24) is 24.4 Å². The Kier molecular flexibility index (Phi) is 7.39. The number of carboxylic acid groups (broad SMARTS) is 1. The van der Waals surface area contributed by atoms with E-state index in [1.165, 1.54) is 12.1 Å². The number of rotatable bonds is 4. The first-order valence-electron chi connectivity index (χ1n) is 14.6. The summed E-state index contributed by atoms with van der Waals surface area (Å²) in [5.41, 5.74) is 1.50. The van der Waals surface area contributed by atoms with Crippen LogP contribution in [0.2, 0.25) is 0 Å². The summed E-state index contributed by atoms with van der Waals surface area (Å²) in [6.45, 7) is 13.0. The molecule has 3 heterocycles. The number of halogens is 1. The SMILES string of the molecule is CC1(C(=O)O)CCC(C(=O)N2CCN(C(=O)c3cn4nc(-c5ccc(F)cc5)cc(C(C)(C)C)c4n3)C(C)(C)C2)CC1. The van der Waals surface area contributed by atoms with Crippen LogP contribution in [0, 0.1) is 17.2 Å². The van der Waals surface area contributed by atoms with Gasteiger partial charge in [0.25, 0.3) is 5.91 Å². The number of amides is 2. The molecule has 0 radical (unpaired) electrons. The molecule has 1 aliphatic carbocycles. The summed E-state index contributed by atoms with van der Waals surface area (Å²) in [5.74, 6) is -1.50. The number of aliphatic carboxylic acids is 1. The number of imidazole rings is 1. The van der Waals surface area contributed by atoms with Crippen molar-refractivity contribution in [2.45, 2.75) is 78.2 Å². The maximum atomic E-state index is 13.9. The molecule has 2 aliphatic rings. The standard InChI is InChI=1S/C32H40FN5O4/c1-30(2,3)23-17-24(20-7-9-22(33)10-8-20)35-38-18-25(34-26(23)38)28(40)37-16-15-36(19-31(37,4)5)27(39)21-11-13-32(6,14-12-21)29(41)42/h7-10,17-18,21H,11-16,19H2,1-6H3,(H,41,42). The van der Waals surface area contributed by atoms with Crippen LogP contribution in [-0.2, 0) is 15.0 Å². The third-order valence-corrected chi connectivity index (χ3v) is 9.01. The Bertz CT molecular complexity index is 1530. The van der Waals surface area contributed by atoms with E-state index in [9.17, 15) is 23.9 Å². The van der Waals surface area contributed by atoms with Gasteiger partial charge in [0.1, 0.15) is 11.5 Å². The Morgan fingerprint density at radius 2 is 1.67 bits per heavy atom. The summed E-state index contributed by atoms with van der Waals surface area (Å²) >= 11 is 0. The molecule has 10 heteroatoms. The van der Waals surface area contributed by atoms with Gasteiger partial charge >= 0.3 is 5.97 Å². The average Bonchev–Trinajstić information content (AvgIpc) is 3.36. The largest absolute Gasteiger partial charge is 0.481 e. The Morgan fingerprint density at radius 1 is 1.02 bits per heavy atom. The molecule has 0 bridgehead atoms. The Labute approximate surface area is 245 Å². The summed E-state index contributed by atoms with van der Waals surface area (Å²) in [7, 11) is 0. The number of benzene rings is 1. The lowest BCUT2D eigenvalue weighted by Crippen LogP contribution is -2.62. The number of nitrogens with zero attached hydrogens (tertiary/aromatic N) is 5. The molecule has 224 valence electrons. The van der Waals surface area contributed by atoms with Gasteiger partial charge in [0.2, 0.25) is 5.91 Å². The van der Waals surface area contributed by atoms with Gasteiger partial charge in [-0.3, -0.25) is 14.4 Å². The number of carbonyl (C=O) groups is 3. The molecule has 1 aliphatic heterocycles. The van der Waals surface area contributed by atoms with Crippen LogP contribution in [0.5, 0.6) is 0 Å². The van der Waals surface area contributed by atoms with Crippen LogP contribution in [0.3, 0.4) is 0 Å². The first-order chi connectivity index (χ1) is 19.6. The topological polar surface area (TPSA) is 108 Å². The van der Waals surface area contributed by atoms with Crippen molar-refractivity contribution in [1.29, 1.82) is 0 Å². The third-order valence-electron chi connectivity index (χ3n) is 9.01. The fraction of sp³-hybridized carbons (Fsp3) is 0.531. The Hall–Kier alpha value is -3.82. The molecular weight excluding hydrogens is 537 g/mol. The second-order valence-electron chi connectivity index (χ2n) is 13.8. The lowest BCUT2D eigenvalue weighted by Gasteiger charge is -2.48. The van der Waals surface area contributed by atoms with E-state index in [1.54, 1.807) is 34.7 Å². The predicted molar refractivity (Wildman–Crippen MR) is 156 cm³/mol. The third kappa shape index (κ3) is 5.51. The Morgan fingerprint density at radius 3 is 2.24 bits per heavy atom. The zero-order valence-electron chi connectivity index (χ0n) is 25.3. The summed E-state index contributed by atoms with van der Waals surface area (Å²) in [6, 6.07) is 8.10. The quantitative estimate of drug-likeness (QED) is 0.458. The van der Waals surface area contributed by atoms with Gasteiger partial charge in [-0.2, -0.15) is 5.10 Å². The summed E-state index contributed by atoms with van der Waals surface area (Å²) in [6.07, 6.45) is 3.75. The highest BCUT2D eigenvalue weighted by atomic mass is 19.1. The van der Waals surface area contributed by atoms with E-state index in [2.05, 4.69) is 20.8 Å². The van der Waals surface area contributed by atoms with Gasteiger partial charge in [0, 0.05) is 36.7 Å². The van der Waals surface area contributed by atoms with E-state index in [4.69, 9.17) is 10.1 Å². The minimum atomic E-state index is -0.801. The predicted octanol–water partition coefficient (Wildman–Crippen LogP) is 5.18. The maximum Gasteiger partial charge on any atom is 0.309 e. The van der Waals surface area contributed by atoms with Crippen molar-refractivity contribution >= 4 is 23.4 Å². The molecule has 1 N–H and O–H groups in total. The van der Waals surface area contributed by atoms with E-state index in [1.807, 2.05) is 24.8 Å². The molecule has 0 spiro atoms. The van der Waals surface area contributed by atoms with Crippen LogP contribution in [-0.4, -0.2) is 72.5 Å². The molecule has 3 aromatic rings. The van der Waals surface area contributed by atoms with Crippen molar-refractivity contribution in [2.24, 2.45) is 11.3 Å². The zero-order valence-corrected chi connectivity index (χ0v) is 25.3. The van der Waals surface area contributed by atoms with E-state index in [-0.39, 0.29) is 34.7 Å². The first kappa shape index (κ1) is 29.7. The van der Waals surface area contributed by atoms with E-state index >= 15 is 0 Å². The fourth-order valence-corrected chi connectivity index (χ4v) is 6.23. The molecule has 1 aromatic carbocycles. The first-order valence-corrected chi connectivity index (χ1v) is 14.6. The number of carboxylic acids is 1. The van der Waals surface area contributed by atoms with Gasteiger partial charge in [-0.15, -0.1) is 0 Å². The Balaban J connectivity index is 1.36. The van der Waals surface area contributed by atoms with E-state index in [0.29, 0.717) is 56.7 Å². The normalized spacial score (nSPS) is 22.8. The van der Waals surface area contributed by atoms with Crippen LogP contribution < -0.4 is 0 Å². The molecule has 0 atom stereocenters. The molecule has 2 fully saturated rings. The van der Waals surface area contributed by atoms with Gasteiger partial charge in [0.15, 0.2) is 5.65 Å². The highest BCUT2D eigenvalue weighted by Crippen LogP contribution is 2.40. The average molecular weight is 578 g/mol. The number of carbonyl (C=O) groups excluding carboxylic acids is 2. The fourth-order valence-electron chi connectivity index (χ4n) is 6.23. The molecule has 2 amide bonds. The number of hydrogen-bond donors (Lipinski definition) is 1. The number of piperazine rings is 1. The summed E-state index contributed by atoms with van der Waals surface area (Å²) < 4.78 is 15.2. The van der Waals surface area contributed by atoms with Crippen LogP contribution >= 0.6 is 0 Å². The van der Waals surface area contributed by atoms with E-state index in [0.717, 1.165) is 11.1 Å². The van der Waals surface area contributed by atoms with Gasteiger partial charge in [-0.05, 0) is 82.2 Å². The molecular formula is C32H40FN5O4. The second kappa shape index (κ2) is 10.5. The van der Waals surface area contributed by atoms with Gasteiger partial charge < -0.3 is 14.9 Å². The van der Waals surface area contributed by atoms with Crippen LogP contribution in [0.1, 0.15) is 83.3 Å². The van der Waals surface area contributed by atoms with Crippen LogP contribution in [0.15, 0.2) is 36.5 Å². The van der Waals surface area contributed by atoms with Gasteiger partial charge in [-0.25, -0.2) is 13.9 Å². The van der Waals surface area contributed by atoms with Crippen molar-refractivity contribution in [3.8, 4) is 11.3 Å². The highest BCUT2D eigenvalue weighted by molar-refractivity contribution is 5.94. The highest BCUT2D eigenvalue weighted by Gasteiger charge is 2.44. The molecule has 9 nitrogen and oxygen atoms in total. The number of hydrogen-bond acceptors (Lipinski definition) is 5. The van der Waals surface area contributed by atoms with Crippen LogP contribution in [0.4, 0.5) is 4.39 Å². The van der Waals surface area contributed by atoms with Crippen molar-refractivity contribution < 1.29 is 23.9 Å². The minimum Gasteiger partial charge on any atom is -0.481 e. The molecule has 1 saturated carbocycles. The smallest absolute Gasteiger partial charge is 0.309 e. The van der Waals surface area contributed by atoms with Gasteiger partial charge in [0.05, 0.1) is 22.8 Å². The maximum absolute atomic E-state index is 13.9. The lowest BCUT2D eigenvalue weighted by atomic mass is 9.71. The summed E-state index contributed by atoms with van der Waals surface area (Å²) in [4.78, 5) is 47.3. The molecule has 0 unspecified atom stereocenters. The zero-order chi connectivity index (χ0) is 30.6. The van der Waals surface area contributed by atoms with Crippen molar-refractivity contribution in [3.63, 3.8) is 0 Å². The molecule has 2 aromatic heterocycles. The van der Waals surface area contributed by atoms with Crippen LogP contribution in [0.25, 0.3) is 16.9 Å². The van der Waals surface area contributed by atoms with Gasteiger partial charge in [-0.1, -0.05) is 20.8 Å². The summed E-state index contributed by atoms with van der Waals surface area (Å²) in [5, 5.41) is 14.2. The van der Waals surface area contributed by atoms with Crippen molar-refractivity contribution in [2.75, 3.05) is 19.6 Å². The minimum absolute atomic E-state index is 0.0442. The number of aromatic nitrogens is 3. The molecule has 5 rings (SSSR count).